The third-order valence-electron chi connectivity index (χ3n) is 5.56. The first-order valence-electron chi connectivity index (χ1n) is 9.74. The van der Waals surface area contributed by atoms with E-state index in [2.05, 4.69) is 0 Å². The van der Waals surface area contributed by atoms with Gasteiger partial charge in [-0.2, -0.15) is 0 Å². The van der Waals surface area contributed by atoms with Crippen LogP contribution in [0.15, 0.2) is 84.1 Å². The van der Waals surface area contributed by atoms with Crippen molar-refractivity contribution in [2.75, 3.05) is 7.05 Å². The van der Waals surface area contributed by atoms with E-state index in [0.29, 0.717) is 11.3 Å². The fourth-order valence-corrected chi connectivity index (χ4v) is 3.83. The summed E-state index contributed by atoms with van der Waals surface area (Å²) < 4.78 is 5.66. The summed E-state index contributed by atoms with van der Waals surface area (Å²) in [7, 11) is 1.72. The molecule has 0 aliphatic carbocycles. The Morgan fingerprint density at radius 2 is 1.70 bits per heavy atom. The molecule has 0 bridgehead atoms. The molecule has 1 atom stereocenters. The predicted molar refractivity (Wildman–Crippen MR) is 117 cm³/mol. The van der Waals surface area contributed by atoms with Gasteiger partial charge in [0.2, 0.25) is 5.96 Å². The second-order valence-corrected chi connectivity index (χ2v) is 7.32. The van der Waals surface area contributed by atoms with Gasteiger partial charge in [0.05, 0.1) is 5.57 Å². The summed E-state index contributed by atoms with van der Waals surface area (Å²) in [6, 6.07) is 22.8. The number of ether oxygens (including phenoxy) is 1. The van der Waals surface area contributed by atoms with Crippen molar-refractivity contribution in [3.63, 3.8) is 0 Å². The van der Waals surface area contributed by atoms with Crippen molar-refractivity contribution < 1.29 is 9.53 Å². The molecule has 0 saturated heterocycles. The Labute approximate surface area is 175 Å². The summed E-state index contributed by atoms with van der Waals surface area (Å²) in [6.07, 6.45) is 0. The number of carbonyl (C=O) groups excluding carboxylic acids is 1. The predicted octanol–water partition coefficient (Wildman–Crippen LogP) is 3.95. The second-order valence-electron chi connectivity index (χ2n) is 7.32. The van der Waals surface area contributed by atoms with E-state index in [4.69, 9.17) is 16.0 Å². The molecule has 3 N–H and O–H groups in total. The van der Waals surface area contributed by atoms with Gasteiger partial charge in [-0.15, -0.1) is 0 Å². The fourth-order valence-electron chi connectivity index (χ4n) is 3.83. The molecule has 0 spiro atoms. The Kier molecular flexibility index (Phi) is 5.25. The highest BCUT2D eigenvalue weighted by Crippen LogP contribution is 2.38. The lowest BCUT2D eigenvalue weighted by atomic mass is 9.90. The lowest BCUT2D eigenvalue weighted by Crippen LogP contribution is -2.53. The van der Waals surface area contributed by atoms with Crippen LogP contribution in [0.4, 0.5) is 0 Å². The molecule has 1 aliphatic rings. The molecule has 1 aliphatic heterocycles. The summed E-state index contributed by atoms with van der Waals surface area (Å²) in [6.45, 7) is 1.99. The van der Waals surface area contributed by atoms with E-state index in [1.165, 1.54) is 5.01 Å². The quantitative estimate of drug-likeness (QED) is 0.512. The molecule has 30 heavy (non-hydrogen) atoms. The normalized spacial score (nSPS) is 16.9. The Bertz CT molecular complexity index is 1130. The van der Waals surface area contributed by atoms with Gasteiger partial charge in [0.15, 0.2) is 0 Å². The molecule has 0 aromatic heterocycles. The van der Waals surface area contributed by atoms with Crippen molar-refractivity contribution >= 4 is 22.7 Å². The van der Waals surface area contributed by atoms with Crippen molar-refractivity contribution in [2.24, 2.45) is 5.84 Å². The lowest BCUT2D eigenvalue weighted by Gasteiger charge is -2.41. The number of benzene rings is 3. The van der Waals surface area contributed by atoms with E-state index in [1.807, 2.05) is 79.7 Å². The average Bonchev–Trinajstić information content (AvgIpc) is 2.78. The van der Waals surface area contributed by atoms with Crippen LogP contribution in [0.1, 0.15) is 24.1 Å². The van der Waals surface area contributed by atoms with E-state index in [-0.39, 0.29) is 12.6 Å². The van der Waals surface area contributed by atoms with Gasteiger partial charge in [0.1, 0.15) is 12.6 Å². The molecule has 1 unspecified atom stereocenters. The van der Waals surface area contributed by atoms with Gasteiger partial charge in [-0.25, -0.2) is 10.6 Å². The number of nitrogens with zero attached hydrogens (tertiary/aromatic N) is 2. The molecule has 3 aromatic carbocycles. The standard InChI is InChI=1S/C24H24N4O2/c1-16-21(23(29)30-15-17-9-4-3-5-10-17)22(28(26)24(25)27(16)2)20-14-8-12-18-11-6-7-13-19(18)20/h3-14,22,25H,15,26H2,1-2H3. The first-order valence-corrected chi connectivity index (χ1v) is 9.74. The molecule has 0 radical (unpaired) electrons. The molecular formula is C24H24N4O2. The van der Waals surface area contributed by atoms with Crippen molar-refractivity contribution in [2.45, 2.75) is 19.6 Å². The molecule has 0 fully saturated rings. The van der Waals surface area contributed by atoms with Gasteiger partial charge < -0.3 is 9.64 Å². The van der Waals surface area contributed by atoms with Crippen LogP contribution in [0.5, 0.6) is 0 Å². The molecule has 0 amide bonds. The zero-order valence-corrected chi connectivity index (χ0v) is 17.0. The number of rotatable bonds is 4. The smallest absolute Gasteiger partial charge is 0.338 e. The monoisotopic (exact) mass is 400 g/mol. The van der Waals surface area contributed by atoms with Gasteiger partial charge in [0.25, 0.3) is 0 Å². The summed E-state index contributed by atoms with van der Waals surface area (Å²) in [5.41, 5.74) is 2.85. The van der Waals surface area contributed by atoms with E-state index >= 15 is 0 Å². The topological polar surface area (TPSA) is 82.6 Å². The van der Waals surface area contributed by atoms with Crippen LogP contribution in [0.2, 0.25) is 0 Å². The summed E-state index contributed by atoms with van der Waals surface area (Å²) in [5, 5.41) is 11.8. The number of allylic oxidation sites excluding steroid dienone is 1. The number of carbonyl (C=O) groups is 1. The fraction of sp³-hybridized carbons (Fsp3) is 0.167. The molecule has 3 aromatic rings. The first kappa shape index (κ1) is 19.7. The van der Waals surface area contributed by atoms with Crippen LogP contribution in [0.3, 0.4) is 0 Å². The van der Waals surface area contributed by atoms with Crippen molar-refractivity contribution in [3.8, 4) is 0 Å². The van der Waals surface area contributed by atoms with Crippen LogP contribution in [0.25, 0.3) is 10.8 Å². The molecule has 4 rings (SSSR count). The van der Waals surface area contributed by atoms with E-state index < -0.39 is 12.0 Å². The first-order chi connectivity index (χ1) is 14.5. The highest BCUT2D eigenvalue weighted by molar-refractivity contribution is 5.97. The van der Waals surface area contributed by atoms with Gasteiger partial charge in [-0.05, 0) is 28.8 Å². The van der Waals surface area contributed by atoms with Crippen molar-refractivity contribution in [1.82, 2.24) is 9.91 Å². The number of fused-ring (bicyclic) bond motifs is 1. The second kappa shape index (κ2) is 8.00. The molecule has 0 saturated carbocycles. The molecule has 1 heterocycles. The Morgan fingerprint density at radius 3 is 2.47 bits per heavy atom. The maximum atomic E-state index is 13.2. The van der Waals surface area contributed by atoms with Crippen LogP contribution >= 0.6 is 0 Å². The highest BCUT2D eigenvalue weighted by atomic mass is 16.5. The Balaban J connectivity index is 1.78. The van der Waals surface area contributed by atoms with Crippen LogP contribution < -0.4 is 5.84 Å². The molecular weight excluding hydrogens is 376 g/mol. The third-order valence-corrected chi connectivity index (χ3v) is 5.56. The summed E-state index contributed by atoms with van der Waals surface area (Å²) in [5.74, 6) is 6.03. The van der Waals surface area contributed by atoms with Crippen LogP contribution in [-0.2, 0) is 16.1 Å². The number of nitrogens with one attached hydrogen (secondary N) is 1. The van der Waals surface area contributed by atoms with Crippen LogP contribution in [0, 0.1) is 5.41 Å². The number of guanidine groups is 1. The number of esters is 1. The maximum absolute atomic E-state index is 13.2. The highest BCUT2D eigenvalue weighted by Gasteiger charge is 2.39. The molecule has 6 nitrogen and oxygen atoms in total. The minimum Gasteiger partial charge on any atom is -0.457 e. The van der Waals surface area contributed by atoms with Gasteiger partial charge >= 0.3 is 5.97 Å². The zero-order chi connectivity index (χ0) is 21.3. The maximum Gasteiger partial charge on any atom is 0.338 e. The number of hydrogen-bond donors (Lipinski definition) is 2. The minimum atomic E-state index is -0.622. The van der Waals surface area contributed by atoms with Gasteiger partial charge in [0, 0.05) is 12.7 Å². The number of hydrogen-bond acceptors (Lipinski definition) is 4. The summed E-state index contributed by atoms with van der Waals surface area (Å²) in [4.78, 5) is 14.8. The SMILES string of the molecule is CC1=C(C(=O)OCc2ccccc2)C(c2cccc3ccccc23)N(N)C(=N)N1C. The van der Waals surface area contributed by atoms with Crippen LogP contribution in [-0.4, -0.2) is 28.9 Å². The van der Waals surface area contributed by atoms with Gasteiger partial charge in [-0.1, -0.05) is 72.8 Å². The van der Waals surface area contributed by atoms with E-state index in [9.17, 15) is 4.79 Å². The van der Waals surface area contributed by atoms with E-state index in [1.54, 1.807) is 11.9 Å². The van der Waals surface area contributed by atoms with Crippen molar-refractivity contribution in [1.29, 1.82) is 5.41 Å². The van der Waals surface area contributed by atoms with Crippen molar-refractivity contribution in [3.05, 3.63) is 95.2 Å². The molecule has 152 valence electrons. The third kappa shape index (κ3) is 3.42. The lowest BCUT2D eigenvalue weighted by molar-refractivity contribution is -0.141. The Morgan fingerprint density at radius 1 is 1.03 bits per heavy atom. The summed E-state index contributed by atoms with van der Waals surface area (Å²) >= 11 is 0. The van der Waals surface area contributed by atoms with Gasteiger partial charge in [-0.3, -0.25) is 10.4 Å². The Hall–Kier alpha value is -3.64. The minimum absolute atomic E-state index is 0.116. The average molecular weight is 400 g/mol. The number of hydrazine groups is 1. The largest absolute Gasteiger partial charge is 0.457 e. The number of nitrogens with two attached hydrogens (primary N) is 1. The van der Waals surface area contributed by atoms with E-state index in [0.717, 1.165) is 21.9 Å². The molecule has 6 heteroatoms. The zero-order valence-electron chi connectivity index (χ0n) is 17.0.